The SMILES string of the molecule is C=c1occc1=CC=CC. The Kier molecular flexibility index (Phi) is 2.11. The second kappa shape index (κ2) is 3.06. The van der Waals surface area contributed by atoms with Gasteiger partial charge in [-0.3, -0.25) is 0 Å². The summed E-state index contributed by atoms with van der Waals surface area (Å²) in [5, 5.41) is 1.04. The summed E-state index contributed by atoms with van der Waals surface area (Å²) in [5.74, 6) is 0. The van der Waals surface area contributed by atoms with E-state index >= 15 is 0 Å². The highest BCUT2D eigenvalue weighted by Crippen LogP contribution is 1.72. The standard InChI is InChI=1S/C9H10O/c1-3-4-5-9-6-7-10-8(9)2/h3-7H,2H2,1H3. The quantitative estimate of drug-likeness (QED) is 0.559. The predicted octanol–water partition coefficient (Wildman–Crippen LogP) is 1.05. The lowest BCUT2D eigenvalue weighted by atomic mass is 10.4. The summed E-state index contributed by atoms with van der Waals surface area (Å²) in [6.45, 7) is 5.67. The van der Waals surface area contributed by atoms with Gasteiger partial charge in [0.1, 0.15) is 5.42 Å². The van der Waals surface area contributed by atoms with Crippen LogP contribution in [0.2, 0.25) is 0 Å². The van der Waals surface area contributed by atoms with Gasteiger partial charge in [0.25, 0.3) is 0 Å². The molecule has 10 heavy (non-hydrogen) atoms. The highest BCUT2D eigenvalue weighted by Gasteiger charge is 1.79. The molecule has 0 aliphatic carbocycles. The number of hydrogen-bond donors (Lipinski definition) is 0. The Labute approximate surface area is 60.0 Å². The first kappa shape index (κ1) is 6.87. The summed E-state index contributed by atoms with van der Waals surface area (Å²) in [7, 11) is 0. The summed E-state index contributed by atoms with van der Waals surface area (Å²) >= 11 is 0. The maximum Gasteiger partial charge on any atom is 0.126 e. The van der Waals surface area contributed by atoms with Gasteiger partial charge in [-0.2, -0.15) is 0 Å². The Balaban J connectivity index is 3.16. The van der Waals surface area contributed by atoms with Crippen LogP contribution in [0.25, 0.3) is 12.7 Å². The zero-order valence-corrected chi connectivity index (χ0v) is 6.00. The molecule has 1 nitrogen and oxygen atoms in total. The van der Waals surface area contributed by atoms with Crippen molar-refractivity contribution in [1.82, 2.24) is 0 Å². The van der Waals surface area contributed by atoms with Gasteiger partial charge in [0, 0.05) is 5.22 Å². The smallest absolute Gasteiger partial charge is 0.126 e. The monoisotopic (exact) mass is 134 g/mol. The molecule has 1 heterocycles. The van der Waals surface area contributed by atoms with Gasteiger partial charge in [-0.1, -0.05) is 24.8 Å². The van der Waals surface area contributed by atoms with Crippen molar-refractivity contribution < 1.29 is 4.42 Å². The van der Waals surface area contributed by atoms with Crippen LogP contribution >= 0.6 is 0 Å². The molecule has 0 atom stereocenters. The van der Waals surface area contributed by atoms with Crippen LogP contribution in [0.3, 0.4) is 0 Å². The van der Waals surface area contributed by atoms with Gasteiger partial charge < -0.3 is 4.42 Å². The predicted molar refractivity (Wildman–Crippen MR) is 42.8 cm³/mol. The Morgan fingerprint density at radius 3 is 2.90 bits per heavy atom. The van der Waals surface area contributed by atoms with Crippen molar-refractivity contribution in [2.75, 3.05) is 0 Å². The Bertz CT molecular complexity index is 317. The van der Waals surface area contributed by atoms with E-state index in [1.807, 2.05) is 31.2 Å². The molecule has 1 heteroatoms. The van der Waals surface area contributed by atoms with Crippen molar-refractivity contribution in [3.8, 4) is 0 Å². The van der Waals surface area contributed by atoms with E-state index in [0.29, 0.717) is 0 Å². The van der Waals surface area contributed by atoms with Crippen LogP contribution in [-0.2, 0) is 0 Å². The summed E-state index contributed by atoms with van der Waals surface area (Å²) in [4.78, 5) is 0. The summed E-state index contributed by atoms with van der Waals surface area (Å²) in [6.07, 6.45) is 7.52. The van der Waals surface area contributed by atoms with E-state index in [2.05, 4.69) is 6.58 Å². The van der Waals surface area contributed by atoms with Gasteiger partial charge in [-0.05, 0) is 13.0 Å². The van der Waals surface area contributed by atoms with Crippen molar-refractivity contribution in [1.29, 1.82) is 0 Å². The fraction of sp³-hybridized carbons (Fsp3) is 0.111. The van der Waals surface area contributed by atoms with Crippen LogP contribution in [0.15, 0.2) is 28.9 Å². The van der Waals surface area contributed by atoms with E-state index in [1.54, 1.807) is 6.26 Å². The molecule has 0 aliphatic heterocycles. The lowest BCUT2D eigenvalue weighted by molar-refractivity contribution is 0.533. The molecule has 0 aromatic carbocycles. The van der Waals surface area contributed by atoms with Crippen LogP contribution in [0, 0.1) is 0 Å². The molecule has 1 aromatic heterocycles. The minimum absolute atomic E-state index is 0.720. The molecular weight excluding hydrogens is 124 g/mol. The highest BCUT2D eigenvalue weighted by molar-refractivity contribution is 5.35. The molecular formula is C9H10O. The van der Waals surface area contributed by atoms with Gasteiger partial charge in [0.05, 0.1) is 6.26 Å². The first-order valence-corrected chi connectivity index (χ1v) is 3.20. The largest absolute Gasteiger partial charge is 0.465 e. The fourth-order valence-corrected chi connectivity index (χ4v) is 0.699. The molecule has 0 saturated heterocycles. The van der Waals surface area contributed by atoms with Crippen molar-refractivity contribution in [3.05, 3.63) is 35.1 Å². The molecule has 1 aromatic rings. The maximum absolute atomic E-state index is 4.99. The van der Waals surface area contributed by atoms with E-state index in [-0.39, 0.29) is 0 Å². The lowest BCUT2D eigenvalue weighted by Crippen LogP contribution is -2.16. The third-order valence-electron chi connectivity index (χ3n) is 1.25. The number of rotatable bonds is 1. The third-order valence-corrected chi connectivity index (χ3v) is 1.25. The number of allylic oxidation sites excluding steroid dienone is 2. The lowest BCUT2D eigenvalue weighted by Gasteiger charge is -1.70. The number of hydrogen-bond acceptors (Lipinski definition) is 1. The van der Waals surface area contributed by atoms with E-state index in [1.165, 1.54) is 0 Å². The van der Waals surface area contributed by atoms with E-state index < -0.39 is 0 Å². The van der Waals surface area contributed by atoms with E-state index in [0.717, 1.165) is 10.6 Å². The zero-order chi connectivity index (χ0) is 7.40. The van der Waals surface area contributed by atoms with Gasteiger partial charge >= 0.3 is 0 Å². The minimum atomic E-state index is 0.720. The topological polar surface area (TPSA) is 13.1 Å². The molecule has 0 saturated carbocycles. The minimum Gasteiger partial charge on any atom is -0.465 e. The normalized spacial score (nSPS) is 13.1. The van der Waals surface area contributed by atoms with Crippen molar-refractivity contribution in [3.63, 3.8) is 0 Å². The first-order valence-electron chi connectivity index (χ1n) is 3.20. The van der Waals surface area contributed by atoms with Gasteiger partial charge in [0.15, 0.2) is 0 Å². The van der Waals surface area contributed by atoms with Crippen LogP contribution in [-0.4, -0.2) is 0 Å². The summed E-state index contributed by atoms with van der Waals surface area (Å²) in [6, 6.07) is 1.89. The van der Waals surface area contributed by atoms with Gasteiger partial charge in [-0.25, -0.2) is 0 Å². The number of furan rings is 1. The molecule has 0 unspecified atom stereocenters. The molecule has 0 fully saturated rings. The fourth-order valence-electron chi connectivity index (χ4n) is 0.699. The molecule has 52 valence electrons. The molecule has 0 bridgehead atoms. The van der Waals surface area contributed by atoms with Crippen molar-refractivity contribution in [2.24, 2.45) is 0 Å². The average Bonchev–Trinajstić information content (AvgIpc) is 2.31. The summed E-state index contributed by atoms with van der Waals surface area (Å²) in [5.41, 5.74) is 0.720. The molecule has 0 spiro atoms. The van der Waals surface area contributed by atoms with E-state index in [4.69, 9.17) is 4.42 Å². The van der Waals surface area contributed by atoms with Crippen LogP contribution in [0.1, 0.15) is 6.92 Å². The third kappa shape index (κ3) is 1.38. The Hall–Kier alpha value is -1.24. The molecule has 0 amide bonds. The molecule has 0 N–H and O–H groups in total. The van der Waals surface area contributed by atoms with E-state index in [9.17, 15) is 0 Å². The van der Waals surface area contributed by atoms with Crippen molar-refractivity contribution in [2.45, 2.75) is 6.92 Å². The van der Waals surface area contributed by atoms with Crippen LogP contribution in [0.5, 0.6) is 0 Å². The van der Waals surface area contributed by atoms with Crippen molar-refractivity contribution >= 4 is 12.7 Å². The molecule has 0 radical (unpaired) electrons. The average molecular weight is 134 g/mol. The Morgan fingerprint density at radius 2 is 2.40 bits per heavy atom. The van der Waals surface area contributed by atoms with Crippen LogP contribution in [0.4, 0.5) is 0 Å². The first-order chi connectivity index (χ1) is 4.84. The van der Waals surface area contributed by atoms with Gasteiger partial charge in [0.2, 0.25) is 0 Å². The molecule has 0 aliphatic rings. The van der Waals surface area contributed by atoms with Crippen LogP contribution < -0.4 is 10.6 Å². The zero-order valence-electron chi connectivity index (χ0n) is 6.00. The highest BCUT2D eigenvalue weighted by atomic mass is 16.3. The summed E-state index contributed by atoms with van der Waals surface area (Å²) < 4.78 is 4.99. The second-order valence-corrected chi connectivity index (χ2v) is 1.99. The maximum atomic E-state index is 4.99. The second-order valence-electron chi connectivity index (χ2n) is 1.99. The molecule has 1 rings (SSSR count). The van der Waals surface area contributed by atoms with Gasteiger partial charge in [-0.15, -0.1) is 0 Å². The Morgan fingerprint density at radius 1 is 1.60 bits per heavy atom.